The van der Waals surface area contributed by atoms with Crippen LogP contribution in [0.15, 0.2) is 48.5 Å². The molecule has 0 saturated heterocycles. The molecular weight excluding hydrogens is 436 g/mol. The van der Waals surface area contributed by atoms with Gasteiger partial charge in [0.15, 0.2) is 0 Å². The number of rotatable bonds is 8. The largest absolute Gasteiger partial charge is 0.398 e. The summed E-state index contributed by atoms with van der Waals surface area (Å²) in [6.45, 7) is 22.4. The minimum atomic E-state index is 0.109. The molecule has 0 amide bonds. The van der Waals surface area contributed by atoms with E-state index in [-0.39, 0.29) is 5.92 Å². The average molecular weight is 485 g/mol. The van der Waals surface area contributed by atoms with E-state index in [1.54, 1.807) is 0 Å². The van der Waals surface area contributed by atoms with Crippen LogP contribution in [0, 0.1) is 0 Å². The zero-order valence-electron chi connectivity index (χ0n) is 24.2. The molecule has 194 valence electrons. The summed E-state index contributed by atoms with van der Waals surface area (Å²) in [5.74, 6) is 2.04. The lowest BCUT2D eigenvalue weighted by atomic mass is 9.78. The molecule has 4 N–H and O–H groups in total. The van der Waals surface area contributed by atoms with Gasteiger partial charge in [-0.15, -0.1) is 0 Å². The minimum Gasteiger partial charge on any atom is -0.398 e. The summed E-state index contributed by atoms with van der Waals surface area (Å²) in [5.41, 5.74) is 25.6. The molecule has 0 aliphatic carbocycles. The smallest absolute Gasteiger partial charge is 0.0384 e. The van der Waals surface area contributed by atoms with Crippen molar-refractivity contribution in [2.24, 2.45) is 0 Å². The molecule has 0 fully saturated rings. The Labute approximate surface area is 220 Å². The summed E-state index contributed by atoms with van der Waals surface area (Å²) >= 11 is 0. The second kappa shape index (κ2) is 11.1. The lowest BCUT2D eigenvalue weighted by Crippen LogP contribution is -2.12. The highest BCUT2D eigenvalue weighted by molar-refractivity contribution is 5.63. The molecular formula is C34H48N2. The Hall–Kier alpha value is -2.74. The van der Waals surface area contributed by atoms with Crippen molar-refractivity contribution >= 4 is 11.4 Å². The summed E-state index contributed by atoms with van der Waals surface area (Å²) in [5, 5.41) is 0. The first-order valence-electron chi connectivity index (χ1n) is 13.8. The highest BCUT2D eigenvalue weighted by Gasteiger charge is 2.24. The normalized spacial score (nSPS) is 12.2. The SMILES string of the molecule is CC(C)c1ccc(C(c2cc(C(C)C)c(N)c(C(C)C)c2)c2cc(C(C)C)c(N)c(C(C)C)c2)cc1. The molecule has 2 heteroatoms. The van der Waals surface area contributed by atoms with Gasteiger partial charge >= 0.3 is 0 Å². The van der Waals surface area contributed by atoms with Crippen molar-refractivity contribution in [3.63, 3.8) is 0 Å². The van der Waals surface area contributed by atoms with E-state index in [2.05, 4.69) is 118 Å². The maximum Gasteiger partial charge on any atom is 0.0384 e. The summed E-state index contributed by atoms with van der Waals surface area (Å²) < 4.78 is 0. The third-order valence-electron chi connectivity index (χ3n) is 7.62. The predicted octanol–water partition coefficient (Wildman–Crippen LogP) is 9.65. The van der Waals surface area contributed by atoms with E-state index >= 15 is 0 Å². The van der Waals surface area contributed by atoms with E-state index in [0.717, 1.165) is 11.4 Å². The van der Waals surface area contributed by atoms with Gasteiger partial charge in [0.1, 0.15) is 0 Å². The van der Waals surface area contributed by atoms with Gasteiger partial charge < -0.3 is 11.5 Å². The molecule has 0 aliphatic rings. The number of hydrogen-bond acceptors (Lipinski definition) is 2. The van der Waals surface area contributed by atoms with Gasteiger partial charge in [0.05, 0.1) is 0 Å². The first-order valence-corrected chi connectivity index (χ1v) is 13.8. The Morgan fingerprint density at radius 2 is 0.667 bits per heavy atom. The molecule has 0 bridgehead atoms. The maximum absolute atomic E-state index is 6.72. The standard InChI is InChI=1S/C34H48N2/c1-19(2)24-11-13-25(14-12-24)32(26-15-28(20(3)4)33(35)29(16-26)21(5)6)27-17-30(22(7)8)34(36)31(18-27)23(9)10/h11-23,32H,35-36H2,1-10H3. The molecule has 0 aromatic heterocycles. The van der Waals surface area contributed by atoms with E-state index in [1.165, 1.54) is 44.5 Å². The summed E-state index contributed by atoms with van der Waals surface area (Å²) in [6, 6.07) is 18.6. The Bertz CT molecular complexity index is 1050. The van der Waals surface area contributed by atoms with Crippen molar-refractivity contribution < 1.29 is 0 Å². The molecule has 0 heterocycles. The number of nitrogen functional groups attached to an aromatic ring is 2. The molecule has 3 rings (SSSR count). The third-order valence-corrected chi connectivity index (χ3v) is 7.62. The van der Waals surface area contributed by atoms with Crippen LogP contribution in [-0.2, 0) is 0 Å². The third kappa shape index (κ3) is 5.64. The van der Waals surface area contributed by atoms with Crippen LogP contribution in [0.5, 0.6) is 0 Å². The number of anilines is 2. The van der Waals surface area contributed by atoms with Crippen molar-refractivity contribution in [2.45, 2.75) is 105 Å². The second-order valence-electron chi connectivity index (χ2n) is 12.1. The fourth-order valence-electron chi connectivity index (χ4n) is 5.34. The lowest BCUT2D eigenvalue weighted by Gasteiger charge is -2.27. The van der Waals surface area contributed by atoms with E-state index in [0.29, 0.717) is 29.6 Å². The molecule has 0 unspecified atom stereocenters. The van der Waals surface area contributed by atoms with Crippen molar-refractivity contribution in [1.82, 2.24) is 0 Å². The first kappa shape index (κ1) is 27.8. The van der Waals surface area contributed by atoms with Crippen LogP contribution in [0.3, 0.4) is 0 Å². The van der Waals surface area contributed by atoms with Crippen LogP contribution in [-0.4, -0.2) is 0 Å². The molecule has 3 aromatic rings. The van der Waals surface area contributed by atoms with Crippen LogP contribution < -0.4 is 11.5 Å². The topological polar surface area (TPSA) is 52.0 Å². The Morgan fingerprint density at radius 1 is 0.389 bits per heavy atom. The predicted molar refractivity (Wildman–Crippen MR) is 160 cm³/mol. The van der Waals surface area contributed by atoms with Gasteiger partial charge in [-0.3, -0.25) is 0 Å². The quantitative estimate of drug-likeness (QED) is 0.247. The Morgan fingerprint density at radius 3 is 0.917 bits per heavy atom. The van der Waals surface area contributed by atoms with Crippen molar-refractivity contribution in [3.8, 4) is 0 Å². The molecule has 3 aromatic carbocycles. The summed E-state index contributed by atoms with van der Waals surface area (Å²) in [7, 11) is 0. The van der Waals surface area contributed by atoms with Crippen LogP contribution >= 0.6 is 0 Å². The molecule has 0 radical (unpaired) electrons. The monoisotopic (exact) mass is 484 g/mol. The Balaban J connectivity index is 2.38. The van der Waals surface area contributed by atoms with Crippen molar-refractivity contribution in [3.05, 3.63) is 93.0 Å². The van der Waals surface area contributed by atoms with Gasteiger partial charge in [0.25, 0.3) is 0 Å². The minimum absolute atomic E-state index is 0.109. The van der Waals surface area contributed by atoms with Crippen LogP contribution in [0.2, 0.25) is 0 Å². The van der Waals surface area contributed by atoms with E-state index < -0.39 is 0 Å². The zero-order valence-corrected chi connectivity index (χ0v) is 24.2. The van der Waals surface area contributed by atoms with Gasteiger partial charge in [0.2, 0.25) is 0 Å². The molecule has 0 spiro atoms. The van der Waals surface area contributed by atoms with Crippen molar-refractivity contribution in [2.75, 3.05) is 11.5 Å². The number of benzene rings is 3. The fraction of sp³-hybridized carbons (Fsp3) is 0.471. The molecule has 0 aliphatic heterocycles. The summed E-state index contributed by atoms with van der Waals surface area (Å²) in [4.78, 5) is 0. The van der Waals surface area contributed by atoms with Crippen LogP contribution in [0.4, 0.5) is 11.4 Å². The van der Waals surface area contributed by atoms with Crippen LogP contribution in [0.25, 0.3) is 0 Å². The molecule has 2 nitrogen and oxygen atoms in total. The molecule has 0 atom stereocenters. The number of nitrogens with two attached hydrogens (primary N) is 2. The van der Waals surface area contributed by atoms with Gasteiger partial charge in [-0.2, -0.15) is 0 Å². The maximum atomic E-state index is 6.72. The second-order valence-corrected chi connectivity index (χ2v) is 12.1. The molecule has 36 heavy (non-hydrogen) atoms. The highest BCUT2D eigenvalue weighted by atomic mass is 14.6. The van der Waals surface area contributed by atoms with Crippen LogP contribution in [0.1, 0.15) is 149 Å². The summed E-state index contributed by atoms with van der Waals surface area (Å²) in [6.07, 6.45) is 0. The first-order chi connectivity index (χ1) is 16.8. The average Bonchev–Trinajstić information content (AvgIpc) is 2.80. The van der Waals surface area contributed by atoms with E-state index in [4.69, 9.17) is 11.5 Å². The van der Waals surface area contributed by atoms with Gasteiger partial charge in [-0.25, -0.2) is 0 Å². The van der Waals surface area contributed by atoms with Crippen molar-refractivity contribution in [1.29, 1.82) is 0 Å². The molecule has 0 saturated carbocycles. The lowest BCUT2D eigenvalue weighted by molar-refractivity contribution is 0.816. The van der Waals surface area contributed by atoms with E-state index in [9.17, 15) is 0 Å². The highest BCUT2D eigenvalue weighted by Crippen LogP contribution is 2.42. The van der Waals surface area contributed by atoms with Gasteiger partial charge in [-0.05, 0) is 74.1 Å². The Kier molecular flexibility index (Phi) is 8.59. The number of hydrogen-bond donors (Lipinski definition) is 2. The van der Waals surface area contributed by atoms with E-state index in [1.807, 2.05) is 0 Å². The van der Waals surface area contributed by atoms with Gasteiger partial charge in [0, 0.05) is 17.3 Å². The fourth-order valence-corrected chi connectivity index (χ4v) is 5.34. The zero-order chi connectivity index (χ0) is 26.9. The van der Waals surface area contributed by atoms with Gasteiger partial charge in [-0.1, -0.05) is 118 Å².